The summed E-state index contributed by atoms with van der Waals surface area (Å²) in [6.07, 6.45) is -0.550. The van der Waals surface area contributed by atoms with Crippen LogP contribution in [0.25, 0.3) is 0 Å². The van der Waals surface area contributed by atoms with Gasteiger partial charge in [-0.1, -0.05) is 17.7 Å². The molecule has 5 heteroatoms. The molecule has 0 fully saturated rings. The maximum atomic E-state index is 9.62. The lowest BCUT2D eigenvalue weighted by molar-refractivity contribution is 0.0182. The number of anilines is 1. The molecule has 0 aromatic heterocycles. The maximum Gasteiger partial charge on any atom is 0.0945 e. The van der Waals surface area contributed by atoms with Crippen molar-refractivity contribution in [1.29, 1.82) is 0 Å². The van der Waals surface area contributed by atoms with Crippen molar-refractivity contribution in [2.24, 2.45) is 0 Å². The Morgan fingerprint density at radius 2 is 2.24 bits per heavy atom. The molecule has 0 bridgehead atoms. The van der Waals surface area contributed by atoms with Crippen LogP contribution in [-0.4, -0.2) is 44.7 Å². The number of nitrogens with one attached hydrogen (secondary N) is 1. The number of rotatable bonds is 8. The number of aliphatic hydroxyl groups excluding tert-OH is 1. The summed E-state index contributed by atoms with van der Waals surface area (Å²) in [7, 11) is 1.61. The molecule has 4 nitrogen and oxygen atoms in total. The Bertz CT molecular complexity index is 322. The standard InChI is InChI=1S/C12H18ClNO3/c1-16-5-6-17-9-12(15)8-14-11-4-2-3-10(13)7-11/h2-4,7,12,14-15H,5-6,8-9H2,1H3. The molecule has 1 unspecified atom stereocenters. The van der Waals surface area contributed by atoms with Gasteiger partial charge in [-0.05, 0) is 18.2 Å². The molecule has 1 rings (SSSR count). The third kappa shape index (κ3) is 6.48. The lowest BCUT2D eigenvalue weighted by Gasteiger charge is -2.13. The lowest BCUT2D eigenvalue weighted by atomic mass is 10.3. The molecule has 0 spiro atoms. The first-order chi connectivity index (χ1) is 8.22. The summed E-state index contributed by atoms with van der Waals surface area (Å²) in [6.45, 7) is 1.74. The molecule has 1 atom stereocenters. The average molecular weight is 260 g/mol. The molecular weight excluding hydrogens is 242 g/mol. The normalized spacial score (nSPS) is 12.4. The van der Waals surface area contributed by atoms with E-state index < -0.39 is 6.10 Å². The molecule has 96 valence electrons. The van der Waals surface area contributed by atoms with Gasteiger partial charge in [-0.15, -0.1) is 0 Å². The predicted molar refractivity (Wildman–Crippen MR) is 68.6 cm³/mol. The largest absolute Gasteiger partial charge is 0.389 e. The number of aliphatic hydroxyl groups is 1. The summed E-state index contributed by atoms with van der Waals surface area (Å²) in [4.78, 5) is 0. The molecular formula is C12H18ClNO3. The summed E-state index contributed by atoms with van der Waals surface area (Å²) in [6, 6.07) is 7.35. The van der Waals surface area contributed by atoms with Crippen molar-refractivity contribution in [1.82, 2.24) is 0 Å². The zero-order valence-electron chi connectivity index (χ0n) is 9.86. The van der Waals surface area contributed by atoms with Crippen molar-refractivity contribution in [3.05, 3.63) is 29.3 Å². The molecule has 0 aliphatic rings. The van der Waals surface area contributed by atoms with Gasteiger partial charge in [0.25, 0.3) is 0 Å². The number of hydrogen-bond acceptors (Lipinski definition) is 4. The number of halogens is 1. The molecule has 0 aliphatic carbocycles. The van der Waals surface area contributed by atoms with E-state index in [2.05, 4.69) is 5.32 Å². The molecule has 0 saturated carbocycles. The Kier molecular flexibility index (Phi) is 6.96. The van der Waals surface area contributed by atoms with Crippen LogP contribution in [0.4, 0.5) is 5.69 Å². The van der Waals surface area contributed by atoms with Gasteiger partial charge < -0.3 is 19.9 Å². The van der Waals surface area contributed by atoms with Gasteiger partial charge in [0.05, 0.1) is 25.9 Å². The highest BCUT2D eigenvalue weighted by molar-refractivity contribution is 6.30. The van der Waals surface area contributed by atoms with Gasteiger partial charge in [0.1, 0.15) is 0 Å². The summed E-state index contributed by atoms with van der Waals surface area (Å²) < 4.78 is 10.0. The van der Waals surface area contributed by atoms with E-state index >= 15 is 0 Å². The fourth-order valence-corrected chi connectivity index (χ4v) is 1.44. The fourth-order valence-electron chi connectivity index (χ4n) is 1.25. The van der Waals surface area contributed by atoms with E-state index in [-0.39, 0.29) is 6.61 Å². The van der Waals surface area contributed by atoms with Gasteiger partial charge in [0.2, 0.25) is 0 Å². The van der Waals surface area contributed by atoms with Gasteiger partial charge in [-0.25, -0.2) is 0 Å². The highest BCUT2D eigenvalue weighted by atomic mass is 35.5. The fraction of sp³-hybridized carbons (Fsp3) is 0.500. The van der Waals surface area contributed by atoms with Crippen molar-refractivity contribution < 1.29 is 14.6 Å². The zero-order valence-corrected chi connectivity index (χ0v) is 10.6. The topological polar surface area (TPSA) is 50.7 Å². The Morgan fingerprint density at radius 1 is 1.41 bits per heavy atom. The molecule has 1 aromatic rings. The first kappa shape index (κ1) is 14.3. The highest BCUT2D eigenvalue weighted by Gasteiger charge is 2.04. The van der Waals surface area contributed by atoms with Crippen LogP contribution in [-0.2, 0) is 9.47 Å². The lowest BCUT2D eigenvalue weighted by Crippen LogP contribution is -2.25. The minimum Gasteiger partial charge on any atom is -0.389 e. The number of hydrogen-bond donors (Lipinski definition) is 2. The van der Waals surface area contributed by atoms with Crippen LogP contribution in [0.1, 0.15) is 0 Å². The monoisotopic (exact) mass is 259 g/mol. The molecule has 0 amide bonds. The van der Waals surface area contributed by atoms with Crippen LogP contribution >= 0.6 is 11.6 Å². The third-order valence-corrected chi connectivity index (χ3v) is 2.34. The number of methoxy groups -OCH3 is 1. The minimum absolute atomic E-state index is 0.289. The van der Waals surface area contributed by atoms with E-state index in [1.165, 1.54) is 0 Å². The van der Waals surface area contributed by atoms with Gasteiger partial charge in [-0.3, -0.25) is 0 Å². The van der Waals surface area contributed by atoms with Crippen LogP contribution in [0.2, 0.25) is 5.02 Å². The first-order valence-electron chi connectivity index (χ1n) is 5.46. The van der Waals surface area contributed by atoms with E-state index in [1.807, 2.05) is 12.1 Å². The SMILES string of the molecule is COCCOCC(O)CNc1cccc(Cl)c1. The highest BCUT2D eigenvalue weighted by Crippen LogP contribution is 2.14. The van der Waals surface area contributed by atoms with Crippen molar-refractivity contribution in [2.75, 3.05) is 38.8 Å². The van der Waals surface area contributed by atoms with E-state index in [9.17, 15) is 5.11 Å². The second-order valence-corrected chi connectivity index (χ2v) is 4.05. The van der Waals surface area contributed by atoms with Gasteiger partial charge in [0.15, 0.2) is 0 Å². The number of benzene rings is 1. The summed E-state index contributed by atoms with van der Waals surface area (Å²) in [5.41, 5.74) is 0.883. The molecule has 0 aliphatic heterocycles. The quantitative estimate of drug-likeness (QED) is 0.699. The van der Waals surface area contributed by atoms with Gasteiger partial charge in [-0.2, -0.15) is 0 Å². The smallest absolute Gasteiger partial charge is 0.0945 e. The number of ether oxygens (including phenoxy) is 2. The van der Waals surface area contributed by atoms with Gasteiger partial charge in [0, 0.05) is 24.4 Å². The Morgan fingerprint density at radius 3 is 2.94 bits per heavy atom. The van der Waals surface area contributed by atoms with Crippen LogP contribution in [0, 0.1) is 0 Å². The van der Waals surface area contributed by atoms with Crippen molar-refractivity contribution in [2.45, 2.75) is 6.10 Å². The molecule has 0 radical (unpaired) electrons. The Balaban J connectivity index is 2.17. The van der Waals surface area contributed by atoms with Crippen LogP contribution in [0.3, 0.4) is 0 Å². The Labute approximate surface area is 106 Å². The molecule has 1 aromatic carbocycles. The molecule has 0 saturated heterocycles. The Hall–Kier alpha value is -0.810. The van der Waals surface area contributed by atoms with Crippen LogP contribution in [0.5, 0.6) is 0 Å². The average Bonchev–Trinajstić information content (AvgIpc) is 2.32. The third-order valence-electron chi connectivity index (χ3n) is 2.11. The zero-order chi connectivity index (χ0) is 12.5. The molecule has 0 heterocycles. The summed E-state index contributed by atoms with van der Waals surface area (Å²) >= 11 is 5.84. The van der Waals surface area contributed by atoms with E-state index in [4.69, 9.17) is 21.1 Å². The summed E-state index contributed by atoms with van der Waals surface area (Å²) in [5.74, 6) is 0. The predicted octanol–water partition coefficient (Wildman–Crippen LogP) is 1.78. The molecule has 17 heavy (non-hydrogen) atoms. The second kappa shape index (κ2) is 8.31. The van der Waals surface area contributed by atoms with E-state index in [1.54, 1.807) is 19.2 Å². The first-order valence-corrected chi connectivity index (χ1v) is 5.84. The van der Waals surface area contributed by atoms with E-state index in [0.717, 1.165) is 5.69 Å². The maximum absolute atomic E-state index is 9.62. The van der Waals surface area contributed by atoms with Crippen molar-refractivity contribution in [3.8, 4) is 0 Å². The van der Waals surface area contributed by atoms with Gasteiger partial charge >= 0.3 is 0 Å². The van der Waals surface area contributed by atoms with Crippen LogP contribution < -0.4 is 5.32 Å². The van der Waals surface area contributed by atoms with Crippen LogP contribution in [0.15, 0.2) is 24.3 Å². The summed E-state index contributed by atoms with van der Waals surface area (Å²) in [5, 5.41) is 13.4. The molecule has 2 N–H and O–H groups in total. The van der Waals surface area contributed by atoms with Crippen molar-refractivity contribution >= 4 is 17.3 Å². The second-order valence-electron chi connectivity index (χ2n) is 3.61. The van der Waals surface area contributed by atoms with E-state index in [0.29, 0.717) is 24.8 Å². The van der Waals surface area contributed by atoms with Crippen molar-refractivity contribution in [3.63, 3.8) is 0 Å². The minimum atomic E-state index is -0.550.